The fourth-order valence-electron chi connectivity index (χ4n) is 1.38. The van der Waals surface area contributed by atoms with E-state index in [0.717, 1.165) is 0 Å². The maximum absolute atomic E-state index is 12.0. The van der Waals surface area contributed by atoms with Crippen LogP contribution in [0.2, 0.25) is 0 Å². The third-order valence-electron chi connectivity index (χ3n) is 2.47. The summed E-state index contributed by atoms with van der Waals surface area (Å²) in [6, 6.07) is -0.757. The van der Waals surface area contributed by atoms with Gasteiger partial charge in [0.2, 0.25) is 0 Å². The van der Waals surface area contributed by atoms with Gasteiger partial charge in [-0.3, -0.25) is 9.59 Å². The largest absolute Gasteiger partial charge is 0.460 e. The summed E-state index contributed by atoms with van der Waals surface area (Å²) < 4.78 is 10.3. The molecule has 0 radical (unpaired) electrons. The van der Waals surface area contributed by atoms with Crippen LogP contribution in [0.4, 0.5) is 4.79 Å². The maximum atomic E-state index is 12.0. The van der Waals surface area contributed by atoms with Gasteiger partial charge in [0.05, 0.1) is 6.04 Å². The molecule has 0 heterocycles. The Morgan fingerprint density at radius 2 is 1.38 bits per heavy atom. The molecule has 6 nitrogen and oxygen atoms in total. The maximum Gasteiger partial charge on any atom is 0.410 e. The lowest BCUT2D eigenvalue weighted by molar-refractivity contribution is -0.156. The molecule has 0 aliphatic carbocycles. The molecule has 0 saturated heterocycles. The molecule has 0 N–H and O–H groups in total. The zero-order valence-electron chi connectivity index (χ0n) is 14.3. The van der Waals surface area contributed by atoms with Gasteiger partial charge in [-0.15, -0.1) is 0 Å². The lowest BCUT2D eigenvalue weighted by Crippen LogP contribution is -2.44. The van der Waals surface area contributed by atoms with Crippen molar-refractivity contribution in [1.29, 1.82) is 0 Å². The Morgan fingerprint density at radius 1 is 0.952 bits per heavy atom. The number of ether oxygens (including phenoxy) is 2. The van der Waals surface area contributed by atoms with E-state index in [2.05, 4.69) is 0 Å². The lowest BCUT2D eigenvalue weighted by Gasteiger charge is -2.28. The normalized spacial score (nSPS) is 13.3. The molecule has 0 saturated carbocycles. The minimum Gasteiger partial charge on any atom is -0.460 e. The number of carbonyl (C=O) groups excluding carboxylic acids is 3. The smallest absolute Gasteiger partial charge is 0.410 e. The van der Waals surface area contributed by atoms with Crippen molar-refractivity contribution in [2.24, 2.45) is 0 Å². The molecule has 0 aromatic carbocycles. The highest BCUT2D eigenvalue weighted by atomic mass is 16.6. The Kier molecular flexibility index (Phi) is 6.39. The summed E-state index contributed by atoms with van der Waals surface area (Å²) in [6.07, 6.45) is -0.974. The van der Waals surface area contributed by atoms with E-state index in [1.54, 1.807) is 48.5 Å². The molecule has 0 fully saturated rings. The van der Waals surface area contributed by atoms with Crippen molar-refractivity contribution in [1.82, 2.24) is 4.90 Å². The van der Waals surface area contributed by atoms with Gasteiger partial charge in [0.15, 0.2) is 5.78 Å². The lowest BCUT2D eigenvalue weighted by atomic mass is 10.1. The van der Waals surface area contributed by atoms with Gasteiger partial charge in [-0.1, -0.05) is 0 Å². The van der Waals surface area contributed by atoms with Gasteiger partial charge >= 0.3 is 12.1 Å². The molecular weight excluding hydrogens is 274 g/mol. The highest BCUT2D eigenvalue weighted by molar-refractivity contribution is 5.99. The average molecular weight is 301 g/mol. The van der Waals surface area contributed by atoms with Crippen LogP contribution in [-0.4, -0.2) is 47.0 Å². The summed E-state index contributed by atoms with van der Waals surface area (Å²) in [5.74, 6) is -0.991. The molecule has 21 heavy (non-hydrogen) atoms. The molecule has 1 amide bonds. The Hall–Kier alpha value is -1.59. The van der Waals surface area contributed by atoms with Crippen molar-refractivity contribution < 1.29 is 23.9 Å². The van der Waals surface area contributed by atoms with E-state index in [1.807, 2.05) is 0 Å². The van der Waals surface area contributed by atoms with Gasteiger partial charge in [-0.2, -0.15) is 0 Å². The topological polar surface area (TPSA) is 72.9 Å². The molecule has 0 bridgehead atoms. The van der Waals surface area contributed by atoms with Crippen molar-refractivity contribution >= 4 is 17.8 Å². The summed E-state index contributed by atoms with van der Waals surface area (Å²) >= 11 is 0. The number of hydrogen-bond acceptors (Lipinski definition) is 5. The zero-order chi connectivity index (χ0) is 17.0. The Balaban J connectivity index is 4.57. The summed E-state index contributed by atoms with van der Waals surface area (Å²) in [4.78, 5) is 36.7. The minimum absolute atomic E-state index is 0.369. The van der Waals surface area contributed by atoms with Crippen LogP contribution in [0.5, 0.6) is 0 Å². The minimum atomic E-state index is -0.757. The van der Waals surface area contributed by atoms with Gasteiger partial charge in [0.25, 0.3) is 0 Å². The van der Waals surface area contributed by atoms with Crippen LogP contribution < -0.4 is 0 Å². The van der Waals surface area contributed by atoms with E-state index in [1.165, 1.54) is 11.9 Å². The van der Waals surface area contributed by atoms with E-state index in [4.69, 9.17) is 9.47 Å². The highest BCUT2D eigenvalue weighted by Crippen LogP contribution is 2.13. The Bertz CT molecular complexity index is 403. The molecule has 122 valence electrons. The van der Waals surface area contributed by atoms with Crippen molar-refractivity contribution in [2.45, 2.75) is 72.1 Å². The summed E-state index contributed by atoms with van der Waals surface area (Å²) in [5.41, 5.74) is -1.28. The Morgan fingerprint density at radius 3 is 1.76 bits per heavy atom. The van der Waals surface area contributed by atoms with Gasteiger partial charge < -0.3 is 14.4 Å². The van der Waals surface area contributed by atoms with Gasteiger partial charge in [0.1, 0.15) is 17.6 Å². The predicted octanol–water partition coefficient (Wildman–Crippen LogP) is 2.54. The second-order valence-corrected chi connectivity index (χ2v) is 7.00. The van der Waals surface area contributed by atoms with Crippen molar-refractivity contribution in [3.8, 4) is 0 Å². The monoisotopic (exact) mass is 301 g/mol. The van der Waals surface area contributed by atoms with E-state index < -0.39 is 35.1 Å². The van der Waals surface area contributed by atoms with Crippen LogP contribution in [0.1, 0.15) is 54.9 Å². The summed E-state index contributed by atoms with van der Waals surface area (Å²) in [5, 5.41) is 0. The number of ketones is 1. The first-order valence-corrected chi connectivity index (χ1v) is 6.93. The second-order valence-electron chi connectivity index (χ2n) is 7.00. The molecule has 0 spiro atoms. The van der Waals surface area contributed by atoms with Gasteiger partial charge in [0, 0.05) is 7.05 Å². The van der Waals surface area contributed by atoms with E-state index in [9.17, 15) is 14.4 Å². The number of Topliss-reactive ketones (excluding diaryl/α,β-unsaturated/α-hetero) is 1. The third kappa shape index (κ3) is 8.32. The zero-order valence-corrected chi connectivity index (χ0v) is 14.3. The second kappa shape index (κ2) is 6.91. The molecule has 1 unspecified atom stereocenters. The average Bonchev–Trinajstić information content (AvgIpc) is 2.21. The van der Waals surface area contributed by atoms with Crippen molar-refractivity contribution in [3.63, 3.8) is 0 Å². The highest BCUT2D eigenvalue weighted by Gasteiger charge is 2.29. The van der Waals surface area contributed by atoms with Crippen molar-refractivity contribution in [3.05, 3.63) is 0 Å². The van der Waals surface area contributed by atoms with Crippen LogP contribution in [-0.2, 0) is 19.1 Å². The Labute approximate surface area is 126 Å². The SMILES string of the molecule is CC(C(=O)CC(=O)OC(C)(C)C)N(C)C(=O)OC(C)(C)C. The van der Waals surface area contributed by atoms with Crippen LogP contribution in [0.15, 0.2) is 0 Å². The molecule has 0 rings (SSSR count). The molecular formula is C15H27NO5. The quantitative estimate of drug-likeness (QED) is 0.589. The fraction of sp³-hybridized carbons (Fsp3) is 0.800. The molecule has 1 atom stereocenters. The summed E-state index contributed by atoms with van der Waals surface area (Å²) in [7, 11) is 1.46. The van der Waals surface area contributed by atoms with E-state index >= 15 is 0 Å². The van der Waals surface area contributed by atoms with Gasteiger partial charge in [-0.25, -0.2) is 4.79 Å². The molecule has 0 aromatic heterocycles. The summed E-state index contributed by atoms with van der Waals surface area (Å²) in [6.45, 7) is 12.0. The van der Waals surface area contributed by atoms with Gasteiger partial charge in [-0.05, 0) is 48.5 Å². The number of hydrogen-bond donors (Lipinski definition) is 0. The van der Waals surface area contributed by atoms with E-state index in [-0.39, 0.29) is 6.42 Å². The standard InChI is InChI=1S/C15H27NO5/c1-10(16(8)13(19)21-15(5,6)7)11(17)9-12(18)20-14(2,3)4/h10H,9H2,1-8H3. The fourth-order valence-corrected chi connectivity index (χ4v) is 1.38. The van der Waals surface area contributed by atoms with Crippen LogP contribution in [0.25, 0.3) is 0 Å². The molecule has 6 heteroatoms. The van der Waals surface area contributed by atoms with Crippen LogP contribution >= 0.6 is 0 Å². The number of likely N-dealkylation sites (N-methyl/N-ethyl adjacent to an activating group) is 1. The first-order chi connectivity index (χ1) is 9.23. The predicted molar refractivity (Wildman–Crippen MR) is 78.9 cm³/mol. The number of esters is 1. The molecule has 0 aliphatic heterocycles. The first-order valence-electron chi connectivity index (χ1n) is 6.93. The molecule has 0 aliphatic rings. The number of amides is 1. The number of rotatable bonds is 4. The number of carbonyl (C=O) groups is 3. The van der Waals surface area contributed by atoms with Crippen molar-refractivity contribution in [2.75, 3.05) is 7.05 Å². The molecule has 0 aromatic rings. The van der Waals surface area contributed by atoms with Crippen LogP contribution in [0, 0.1) is 0 Å². The van der Waals surface area contributed by atoms with Crippen LogP contribution in [0.3, 0.4) is 0 Å². The number of nitrogens with zero attached hydrogens (tertiary/aromatic N) is 1. The third-order valence-corrected chi connectivity index (χ3v) is 2.47. The first kappa shape index (κ1) is 19.4. The van der Waals surface area contributed by atoms with E-state index in [0.29, 0.717) is 0 Å².